The van der Waals surface area contributed by atoms with Gasteiger partial charge in [0.2, 0.25) is 6.79 Å². The van der Waals surface area contributed by atoms with Crippen molar-refractivity contribution < 1.29 is 19.0 Å². The lowest BCUT2D eigenvalue weighted by atomic mass is 9.97. The summed E-state index contributed by atoms with van der Waals surface area (Å²) in [6.45, 7) is 6.17. The summed E-state index contributed by atoms with van der Waals surface area (Å²) in [6, 6.07) is 15.7. The molecule has 1 aliphatic heterocycles. The first-order valence-electron chi connectivity index (χ1n) is 15.4. The molecule has 0 atom stereocenters. The number of ether oxygens (including phenoxy) is 3. The first kappa shape index (κ1) is 28.0. The normalized spacial score (nSPS) is 14.4. The van der Waals surface area contributed by atoms with Crippen LogP contribution in [0.4, 0.5) is 5.82 Å². The van der Waals surface area contributed by atoms with Gasteiger partial charge in [-0.25, -0.2) is 14.8 Å². The molecule has 7 rings (SSSR count). The molecule has 0 unspecified atom stereocenters. The number of pyridine rings is 1. The van der Waals surface area contributed by atoms with Crippen molar-refractivity contribution in [3.63, 3.8) is 0 Å². The molecule has 1 aliphatic carbocycles. The van der Waals surface area contributed by atoms with Crippen LogP contribution in [0.5, 0.6) is 11.5 Å². The number of fused-ring (bicyclic) bond motifs is 3. The summed E-state index contributed by atoms with van der Waals surface area (Å²) < 4.78 is 20.7. The molecule has 0 saturated heterocycles. The Kier molecular flexibility index (Phi) is 7.46. The second kappa shape index (κ2) is 11.7. The third-order valence-electron chi connectivity index (χ3n) is 8.43. The minimum atomic E-state index is -0.375. The average molecular weight is 592 g/mol. The number of aryl methyl sites for hydroxylation is 1. The molecule has 0 spiro atoms. The molecule has 3 aromatic heterocycles. The van der Waals surface area contributed by atoms with Gasteiger partial charge in [0.1, 0.15) is 23.0 Å². The van der Waals surface area contributed by atoms with E-state index in [4.69, 9.17) is 24.2 Å². The van der Waals surface area contributed by atoms with E-state index < -0.39 is 0 Å². The van der Waals surface area contributed by atoms with Crippen LogP contribution in [-0.4, -0.2) is 45.4 Å². The quantitative estimate of drug-likeness (QED) is 0.140. The number of carbonyl (C=O) groups excluding carboxylic acids is 1. The largest absolute Gasteiger partial charge is 0.465 e. The summed E-state index contributed by atoms with van der Waals surface area (Å²) in [5.41, 5.74) is 7.20. The number of methoxy groups -OCH3 is 1. The molecule has 0 fully saturated rings. The Morgan fingerprint density at radius 2 is 1.95 bits per heavy atom. The zero-order valence-corrected chi connectivity index (χ0v) is 25.4. The van der Waals surface area contributed by atoms with Crippen LogP contribution in [0.25, 0.3) is 39.3 Å². The zero-order chi connectivity index (χ0) is 30.2. The van der Waals surface area contributed by atoms with Crippen LogP contribution in [0.1, 0.15) is 56.3 Å². The van der Waals surface area contributed by atoms with E-state index in [9.17, 15) is 4.79 Å². The van der Waals surface area contributed by atoms with Gasteiger partial charge in [-0.15, -0.1) is 0 Å². The molecule has 0 radical (unpaired) electrons. The molecule has 1 N–H and O–H groups in total. The van der Waals surface area contributed by atoms with E-state index in [1.54, 1.807) is 0 Å². The van der Waals surface area contributed by atoms with Gasteiger partial charge in [0, 0.05) is 24.8 Å². The van der Waals surface area contributed by atoms with Crippen molar-refractivity contribution in [1.82, 2.24) is 18.9 Å². The number of esters is 1. The Hall–Kier alpha value is -4.79. The molecule has 0 saturated carbocycles. The summed E-state index contributed by atoms with van der Waals surface area (Å²) in [7, 11) is 1.40. The molecule has 2 aromatic carbocycles. The number of benzene rings is 2. The van der Waals surface area contributed by atoms with Crippen LogP contribution in [0.3, 0.4) is 0 Å². The highest BCUT2D eigenvalue weighted by atomic mass is 16.7. The fourth-order valence-corrected chi connectivity index (χ4v) is 6.15. The summed E-state index contributed by atoms with van der Waals surface area (Å²) >= 11 is 0. The lowest BCUT2D eigenvalue weighted by Gasteiger charge is -2.15. The Labute approximate surface area is 256 Å². The van der Waals surface area contributed by atoms with Crippen molar-refractivity contribution >= 4 is 28.5 Å². The molecule has 44 heavy (non-hydrogen) atoms. The van der Waals surface area contributed by atoms with Crippen molar-refractivity contribution in [2.75, 3.05) is 25.8 Å². The van der Waals surface area contributed by atoms with Crippen molar-refractivity contribution in [2.45, 2.75) is 52.5 Å². The van der Waals surface area contributed by atoms with Crippen LogP contribution >= 0.6 is 0 Å². The van der Waals surface area contributed by atoms with Gasteiger partial charge in [0.25, 0.3) is 0 Å². The fraction of sp³-hybridized carbons (Fsp3) is 0.343. The number of allylic oxidation sites excluding steroid dienone is 2. The van der Waals surface area contributed by atoms with Crippen molar-refractivity contribution in [3.05, 3.63) is 71.9 Å². The molecule has 2 aliphatic rings. The molecular weight excluding hydrogens is 554 g/mol. The van der Waals surface area contributed by atoms with E-state index in [0.29, 0.717) is 11.5 Å². The number of anilines is 1. The molecule has 226 valence electrons. The predicted octanol–water partition coefficient (Wildman–Crippen LogP) is 7.49. The molecule has 0 amide bonds. The van der Waals surface area contributed by atoms with Gasteiger partial charge in [-0.2, -0.15) is 0 Å². The van der Waals surface area contributed by atoms with Crippen LogP contribution in [0.15, 0.2) is 66.4 Å². The second-order valence-electron chi connectivity index (χ2n) is 11.9. The average Bonchev–Trinajstić information content (AvgIpc) is 3.77. The third kappa shape index (κ3) is 5.16. The highest BCUT2D eigenvalue weighted by Crippen LogP contribution is 2.40. The predicted molar refractivity (Wildman–Crippen MR) is 171 cm³/mol. The minimum absolute atomic E-state index is 0.220. The van der Waals surface area contributed by atoms with Gasteiger partial charge < -0.3 is 24.1 Å². The number of rotatable bonds is 9. The smallest absolute Gasteiger partial charge is 0.337 e. The van der Waals surface area contributed by atoms with Gasteiger partial charge in [-0.1, -0.05) is 25.5 Å². The van der Waals surface area contributed by atoms with Gasteiger partial charge in [0.05, 0.1) is 29.3 Å². The second-order valence-corrected chi connectivity index (χ2v) is 11.9. The zero-order valence-electron chi connectivity index (χ0n) is 25.4. The third-order valence-corrected chi connectivity index (χ3v) is 8.43. The maximum Gasteiger partial charge on any atom is 0.337 e. The van der Waals surface area contributed by atoms with E-state index in [-0.39, 0.29) is 12.8 Å². The maximum atomic E-state index is 12.4. The first-order chi connectivity index (χ1) is 21.5. The van der Waals surface area contributed by atoms with Gasteiger partial charge in [0.15, 0.2) is 11.5 Å². The van der Waals surface area contributed by atoms with Crippen LogP contribution in [0, 0.1) is 5.92 Å². The van der Waals surface area contributed by atoms with E-state index in [2.05, 4.69) is 40.3 Å². The molecule has 9 heteroatoms. The SMILES string of the molecule is COC(=O)c1ccc2c(c1)nc(-c1cccn3c(NCC(C)C)c(-c4ccc5c(c4)OCO5)nc13)n2CCC1=CCCCC1. The van der Waals surface area contributed by atoms with E-state index in [0.717, 1.165) is 89.0 Å². The lowest BCUT2D eigenvalue weighted by Crippen LogP contribution is -2.10. The highest BCUT2D eigenvalue weighted by molar-refractivity contribution is 5.95. The number of aromatic nitrogens is 4. The standard InChI is InChI=1S/C35H37N5O4/c1-22(2)20-36-34-31(24-12-14-29-30(19-24)44-21-43-29)38-33-26(10-7-16-40(33)34)32-37-27-18-25(35(41)42-3)11-13-28(27)39(32)17-15-23-8-5-4-6-9-23/h7-8,10-14,16,18-19,22,36H,4-6,9,15,17,20-21H2,1-3H3. The number of nitrogens with zero attached hydrogens (tertiary/aromatic N) is 4. The van der Waals surface area contributed by atoms with Crippen LogP contribution in [0.2, 0.25) is 0 Å². The first-order valence-corrected chi connectivity index (χ1v) is 15.4. The van der Waals surface area contributed by atoms with E-state index in [1.807, 2.05) is 48.7 Å². The summed E-state index contributed by atoms with van der Waals surface area (Å²) in [5.74, 6) is 3.26. The van der Waals surface area contributed by atoms with Gasteiger partial charge in [-0.05, 0) is 86.6 Å². The molecular formula is C35H37N5O4. The maximum absolute atomic E-state index is 12.4. The highest BCUT2D eigenvalue weighted by Gasteiger charge is 2.23. The molecule has 5 aromatic rings. The van der Waals surface area contributed by atoms with E-state index in [1.165, 1.54) is 25.5 Å². The minimum Gasteiger partial charge on any atom is -0.465 e. The topological polar surface area (TPSA) is 91.9 Å². The molecule has 4 heterocycles. The van der Waals surface area contributed by atoms with Crippen LogP contribution in [-0.2, 0) is 11.3 Å². The Bertz CT molecular complexity index is 1900. The summed E-state index contributed by atoms with van der Waals surface area (Å²) in [6.07, 6.45) is 10.2. The number of carbonyl (C=O) groups is 1. The number of hydrogen-bond acceptors (Lipinski definition) is 7. The lowest BCUT2D eigenvalue weighted by molar-refractivity contribution is 0.0601. The summed E-state index contributed by atoms with van der Waals surface area (Å²) in [5, 5.41) is 3.66. The number of hydrogen-bond donors (Lipinski definition) is 1. The Balaban J connectivity index is 1.39. The van der Waals surface area contributed by atoms with Crippen molar-refractivity contribution in [2.24, 2.45) is 5.92 Å². The summed E-state index contributed by atoms with van der Waals surface area (Å²) in [4.78, 5) is 22.8. The van der Waals surface area contributed by atoms with Gasteiger partial charge in [-0.3, -0.25) is 4.40 Å². The van der Waals surface area contributed by atoms with Crippen molar-refractivity contribution in [1.29, 1.82) is 0 Å². The fourth-order valence-electron chi connectivity index (χ4n) is 6.15. The van der Waals surface area contributed by atoms with Gasteiger partial charge >= 0.3 is 5.97 Å². The molecule has 0 bridgehead atoms. The number of nitrogens with one attached hydrogen (secondary N) is 1. The van der Waals surface area contributed by atoms with Crippen molar-refractivity contribution in [3.8, 4) is 34.1 Å². The Morgan fingerprint density at radius 3 is 2.77 bits per heavy atom. The van der Waals surface area contributed by atoms with Crippen LogP contribution < -0.4 is 14.8 Å². The monoisotopic (exact) mass is 591 g/mol. The Morgan fingerprint density at radius 1 is 1.07 bits per heavy atom. The number of imidazole rings is 2. The molecule has 9 nitrogen and oxygen atoms in total. The van der Waals surface area contributed by atoms with E-state index >= 15 is 0 Å².